The molecule has 0 saturated carbocycles. The topological polar surface area (TPSA) is 86.2 Å². The molecule has 2 heterocycles. The van der Waals surface area contributed by atoms with Crippen LogP contribution in [0.2, 0.25) is 0 Å². The largest absolute Gasteiger partial charge is 0.445 e. The van der Waals surface area contributed by atoms with Crippen molar-refractivity contribution >= 4 is 9.84 Å². The van der Waals surface area contributed by atoms with E-state index in [2.05, 4.69) is 4.98 Å². The third-order valence-corrected chi connectivity index (χ3v) is 4.87. The van der Waals surface area contributed by atoms with Crippen molar-refractivity contribution in [3.8, 4) is 0 Å². The molecule has 2 rings (SSSR count). The zero-order chi connectivity index (χ0) is 11.8. The lowest BCUT2D eigenvalue weighted by atomic mass is 9.90. The molecule has 16 heavy (non-hydrogen) atoms. The Morgan fingerprint density at radius 2 is 2.38 bits per heavy atom. The van der Waals surface area contributed by atoms with Gasteiger partial charge >= 0.3 is 0 Å². The SMILES string of the molecule is CC1(c2ncc(CCN)o2)CCS(=O)(=O)C1. The number of hydrogen-bond acceptors (Lipinski definition) is 5. The van der Waals surface area contributed by atoms with Crippen molar-refractivity contribution in [3.05, 3.63) is 17.8 Å². The van der Waals surface area contributed by atoms with E-state index in [9.17, 15) is 8.42 Å². The Kier molecular flexibility index (Phi) is 2.79. The molecule has 0 aromatic carbocycles. The summed E-state index contributed by atoms with van der Waals surface area (Å²) in [7, 11) is -2.93. The standard InChI is InChI=1S/C10H16N2O3S/c1-10(3-5-16(13,14)7-10)9-12-6-8(15-9)2-4-11/h6H,2-5,7,11H2,1H3. The number of oxazole rings is 1. The first kappa shape index (κ1) is 11.6. The molecule has 0 aliphatic carbocycles. The van der Waals surface area contributed by atoms with Crippen molar-refractivity contribution < 1.29 is 12.8 Å². The third-order valence-electron chi connectivity index (χ3n) is 2.96. The van der Waals surface area contributed by atoms with Crippen LogP contribution in [0.1, 0.15) is 25.0 Å². The predicted molar refractivity (Wildman–Crippen MR) is 59.9 cm³/mol. The van der Waals surface area contributed by atoms with Gasteiger partial charge in [-0.3, -0.25) is 0 Å². The Hall–Kier alpha value is -0.880. The summed E-state index contributed by atoms with van der Waals surface area (Å²) < 4.78 is 28.5. The number of hydrogen-bond donors (Lipinski definition) is 1. The van der Waals surface area contributed by atoms with Crippen LogP contribution in [0.5, 0.6) is 0 Å². The van der Waals surface area contributed by atoms with E-state index >= 15 is 0 Å². The Labute approximate surface area is 95.0 Å². The summed E-state index contributed by atoms with van der Waals surface area (Å²) in [6, 6.07) is 0. The highest BCUT2D eigenvalue weighted by Gasteiger charge is 2.43. The molecule has 1 unspecified atom stereocenters. The fraction of sp³-hybridized carbons (Fsp3) is 0.700. The lowest BCUT2D eigenvalue weighted by Gasteiger charge is -2.16. The first-order valence-corrected chi connectivity index (χ1v) is 7.13. The molecule has 2 N–H and O–H groups in total. The van der Waals surface area contributed by atoms with Gasteiger partial charge in [-0.1, -0.05) is 0 Å². The molecule has 0 bridgehead atoms. The van der Waals surface area contributed by atoms with Crippen LogP contribution in [-0.2, 0) is 21.7 Å². The lowest BCUT2D eigenvalue weighted by molar-refractivity contribution is 0.358. The van der Waals surface area contributed by atoms with E-state index < -0.39 is 15.3 Å². The molecule has 6 heteroatoms. The van der Waals surface area contributed by atoms with Gasteiger partial charge in [-0.25, -0.2) is 13.4 Å². The number of rotatable bonds is 3. The van der Waals surface area contributed by atoms with Crippen LogP contribution in [0.4, 0.5) is 0 Å². The van der Waals surface area contributed by atoms with Gasteiger partial charge in [0.2, 0.25) is 5.89 Å². The zero-order valence-corrected chi connectivity index (χ0v) is 10.1. The summed E-state index contributed by atoms with van der Waals surface area (Å²) in [4.78, 5) is 4.17. The summed E-state index contributed by atoms with van der Waals surface area (Å²) in [6.45, 7) is 2.39. The maximum absolute atomic E-state index is 11.5. The zero-order valence-electron chi connectivity index (χ0n) is 9.27. The molecule has 1 aromatic rings. The second kappa shape index (κ2) is 3.85. The Morgan fingerprint density at radius 1 is 1.62 bits per heavy atom. The molecular formula is C10H16N2O3S. The van der Waals surface area contributed by atoms with E-state index in [0.717, 1.165) is 5.76 Å². The van der Waals surface area contributed by atoms with Crippen LogP contribution in [0.25, 0.3) is 0 Å². The smallest absolute Gasteiger partial charge is 0.201 e. The molecule has 90 valence electrons. The number of nitrogens with zero attached hydrogens (tertiary/aromatic N) is 1. The van der Waals surface area contributed by atoms with Gasteiger partial charge in [0, 0.05) is 6.42 Å². The predicted octanol–water partition coefficient (Wildman–Crippen LogP) is 0.252. The molecular weight excluding hydrogens is 228 g/mol. The van der Waals surface area contributed by atoms with Gasteiger partial charge in [-0.15, -0.1) is 0 Å². The van der Waals surface area contributed by atoms with Gasteiger partial charge in [0.25, 0.3) is 0 Å². The second-order valence-corrected chi connectivity index (χ2v) is 6.76. The van der Waals surface area contributed by atoms with Gasteiger partial charge in [0.05, 0.1) is 23.1 Å². The monoisotopic (exact) mass is 244 g/mol. The van der Waals surface area contributed by atoms with Gasteiger partial charge < -0.3 is 10.2 Å². The average Bonchev–Trinajstić information content (AvgIpc) is 2.73. The van der Waals surface area contributed by atoms with E-state index in [4.69, 9.17) is 10.2 Å². The lowest BCUT2D eigenvalue weighted by Crippen LogP contribution is -2.23. The molecule has 1 aliphatic heterocycles. The van der Waals surface area contributed by atoms with E-state index in [1.165, 1.54) is 0 Å². The fourth-order valence-electron chi connectivity index (χ4n) is 2.02. The van der Waals surface area contributed by atoms with Crippen molar-refractivity contribution in [1.29, 1.82) is 0 Å². The normalized spacial score (nSPS) is 28.4. The van der Waals surface area contributed by atoms with Gasteiger partial charge in [0.15, 0.2) is 9.84 Å². The summed E-state index contributed by atoms with van der Waals surface area (Å²) in [5, 5.41) is 0. The molecule has 1 aliphatic rings. The molecule has 1 fully saturated rings. The molecule has 0 amide bonds. The van der Waals surface area contributed by atoms with Gasteiger partial charge in [0.1, 0.15) is 5.76 Å². The van der Waals surface area contributed by atoms with Crippen molar-refractivity contribution in [3.63, 3.8) is 0 Å². The highest BCUT2D eigenvalue weighted by atomic mass is 32.2. The van der Waals surface area contributed by atoms with Crippen LogP contribution < -0.4 is 5.73 Å². The van der Waals surface area contributed by atoms with E-state index in [0.29, 0.717) is 25.3 Å². The molecule has 5 nitrogen and oxygen atoms in total. The highest BCUT2D eigenvalue weighted by molar-refractivity contribution is 7.91. The van der Waals surface area contributed by atoms with Crippen LogP contribution in [0.15, 0.2) is 10.6 Å². The van der Waals surface area contributed by atoms with E-state index in [-0.39, 0.29) is 11.5 Å². The number of nitrogens with two attached hydrogens (primary N) is 1. The van der Waals surface area contributed by atoms with Crippen molar-refractivity contribution in [2.24, 2.45) is 5.73 Å². The first-order valence-electron chi connectivity index (χ1n) is 5.31. The Morgan fingerprint density at radius 3 is 2.94 bits per heavy atom. The van der Waals surface area contributed by atoms with E-state index in [1.807, 2.05) is 6.92 Å². The maximum Gasteiger partial charge on any atom is 0.201 e. The maximum atomic E-state index is 11.5. The van der Waals surface area contributed by atoms with Crippen molar-refractivity contribution in [2.75, 3.05) is 18.1 Å². The molecule has 1 saturated heterocycles. The first-order chi connectivity index (χ1) is 7.45. The van der Waals surface area contributed by atoms with Gasteiger partial charge in [-0.05, 0) is 19.9 Å². The highest BCUT2D eigenvalue weighted by Crippen LogP contribution is 2.35. The molecule has 1 atom stereocenters. The van der Waals surface area contributed by atoms with Crippen molar-refractivity contribution in [2.45, 2.75) is 25.2 Å². The number of sulfone groups is 1. The average molecular weight is 244 g/mol. The van der Waals surface area contributed by atoms with E-state index in [1.54, 1.807) is 6.20 Å². The summed E-state index contributed by atoms with van der Waals surface area (Å²) >= 11 is 0. The molecule has 1 aromatic heterocycles. The van der Waals surface area contributed by atoms with Crippen LogP contribution in [0.3, 0.4) is 0 Å². The molecule has 0 radical (unpaired) electrons. The third kappa shape index (κ3) is 2.12. The molecule has 0 spiro atoms. The second-order valence-electron chi connectivity index (χ2n) is 4.57. The minimum atomic E-state index is -2.93. The van der Waals surface area contributed by atoms with Crippen LogP contribution in [0, 0.1) is 0 Å². The summed E-state index contributed by atoms with van der Waals surface area (Å²) in [5.74, 6) is 1.60. The minimum Gasteiger partial charge on any atom is -0.445 e. The van der Waals surface area contributed by atoms with Crippen LogP contribution >= 0.6 is 0 Å². The van der Waals surface area contributed by atoms with Crippen molar-refractivity contribution in [1.82, 2.24) is 4.98 Å². The quantitative estimate of drug-likeness (QED) is 0.823. The van der Waals surface area contributed by atoms with Crippen LogP contribution in [-0.4, -0.2) is 31.5 Å². The summed E-state index contributed by atoms with van der Waals surface area (Å²) in [5.41, 5.74) is 4.95. The Bertz CT molecular complexity index is 480. The fourth-order valence-corrected chi connectivity index (χ4v) is 4.17. The van der Waals surface area contributed by atoms with Gasteiger partial charge in [-0.2, -0.15) is 0 Å². The number of aromatic nitrogens is 1. The minimum absolute atomic E-state index is 0.128. The Balaban J connectivity index is 2.23. The summed E-state index contributed by atoms with van der Waals surface area (Å²) in [6.07, 6.45) is 2.85.